The summed E-state index contributed by atoms with van der Waals surface area (Å²) in [7, 11) is 0. The number of aromatic nitrogens is 1. The maximum absolute atomic E-state index is 6.57. The quantitative estimate of drug-likeness (QED) is 0.169. The third kappa shape index (κ3) is 5.80. The number of ether oxygens (including phenoxy) is 2. The molecule has 250 valence electrons. The van der Waals surface area contributed by atoms with Gasteiger partial charge in [0.2, 0.25) is 0 Å². The Balaban J connectivity index is 0.00000378. The predicted octanol–water partition coefficient (Wildman–Crippen LogP) is 10.3. The second-order valence-electron chi connectivity index (χ2n) is 15.0. The minimum absolute atomic E-state index is 0. The molecule has 4 aromatic carbocycles. The first-order valence-electron chi connectivity index (χ1n) is 17.0. The maximum Gasteiger partial charge on any atom is 2.00 e. The molecule has 8 rings (SSSR count). The normalized spacial score (nSPS) is 18.6. The molecule has 0 radical (unpaired) electrons. The summed E-state index contributed by atoms with van der Waals surface area (Å²) in [6.07, 6.45) is 3.92. The predicted molar refractivity (Wildman–Crippen MR) is 192 cm³/mol. The molecule has 3 heterocycles. The summed E-state index contributed by atoms with van der Waals surface area (Å²) in [6.45, 7) is 15.5. The average Bonchev–Trinajstić information content (AvgIpc) is 3.50. The van der Waals surface area contributed by atoms with Crippen LogP contribution in [-0.2, 0) is 43.1 Å². The molecule has 2 aliphatic heterocycles. The summed E-state index contributed by atoms with van der Waals surface area (Å²) >= 11 is 0. The molecule has 5 aromatic rings. The van der Waals surface area contributed by atoms with Crippen LogP contribution in [0.4, 0.5) is 17.2 Å². The molecular weight excluding hydrogens is 786 g/mol. The van der Waals surface area contributed by atoms with Gasteiger partial charge in [-0.25, -0.2) is 4.98 Å². The van der Waals surface area contributed by atoms with Gasteiger partial charge in [-0.1, -0.05) is 101 Å². The zero-order chi connectivity index (χ0) is 33.4. The van der Waals surface area contributed by atoms with E-state index in [1.807, 2.05) is 18.3 Å². The molecule has 3 aliphatic rings. The molecule has 0 fully saturated rings. The Morgan fingerprint density at radius 3 is 2.53 bits per heavy atom. The fourth-order valence-electron chi connectivity index (χ4n) is 7.58. The van der Waals surface area contributed by atoms with E-state index in [9.17, 15) is 0 Å². The number of para-hydroxylation sites is 1. The van der Waals surface area contributed by atoms with Crippen LogP contribution in [0.2, 0.25) is 0 Å². The van der Waals surface area contributed by atoms with E-state index in [0.717, 1.165) is 46.7 Å². The van der Waals surface area contributed by atoms with Gasteiger partial charge in [0, 0.05) is 23.4 Å². The Bertz CT molecular complexity index is 2110. The van der Waals surface area contributed by atoms with Crippen LogP contribution in [-0.4, -0.2) is 17.0 Å². The van der Waals surface area contributed by atoms with Gasteiger partial charge in [-0.05, 0) is 76.6 Å². The zero-order valence-corrected chi connectivity index (χ0v) is 31.4. The summed E-state index contributed by atoms with van der Waals surface area (Å²) in [4.78, 5) is 12.2. The topological polar surface area (TPSA) is 47.0 Å². The number of pyridine rings is 1. The van der Waals surface area contributed by atoms with E-state index < -0.39 is 0 Å². The van der Waals surface area contributed by atoms with E-state index in [0.29, 0.717) is 17.4 Å². The zero-order valence-electron chi connectivity index (χ0n) is 29.1. The molecule has 0 saturated heterocycles. The van der Waals surface area contributed by atoms with Gasteiger partial charge in [-0.2, -0.15) is 6.07 Å². The van der Waals surface area contributed by atoms with Crippen molar-refractivity contribution >= 4 is 23.1 Å². The Kier molecular flexibility index (Phi) is 8.35. The first-order valence-corrected chi connectivity index (χ1v) is 17.0. The van der Waals surface area contributed by atoms with Crippen LogP contribution >= 0.6 is 0 Å². The summed E-state index contributed by atoms with van der Waals surface area (Å²) in [5, 5.41) is 0. The minimum atomic E-state index is -0.242. The average molecular weight is 827 g/mol. The van der Waals surface area contributed by atoms with Crippen LogP contribution in [0.3, 0.4) is 0 Å². The Labute approximate surface area is 304 Å². The van der Waals surface area contributed by atoms with Crippen molar-refractivity contribution in [3.8, 4) is 11.5 Å². The molecule has 0 bridgehead atoms. The second kappa shape index (κ2) is 12.3. The molecule has 1 aromatic heterocycles. The number of anilines is 3. The summed E-state index contributed by atoms with van der Waals surface area (Å²) in [5.41, 5.74) is 11.3. The largest absolute Gasteiger partial charge is 2.00 e. The van der Waals surface area contributed by atoms with Gasteiger partial charge in [-0.15, -0.1) is 29.3 Å². The Hall–Kier alpha value is -4.21. The van der Waals surface area contributed by atoms with Crippen molar-refractivity contribution in [2.24, 2.45) is 4.99 Å². The number of benzene rings is 4. The molecule has 2 atom stereocenters. The molecule has 0 unspecified atom stereocenters. The van der Waals surface area contributed by atoms with Crippen LogP contribution in [0, 0.1) is 26.0 Å². The van der Waals surface area contributed by atoms with E-state index in [-0.39, 0.29) is 44.0 Å². The first kappa shape index (κ1) is 33.3. The van der Waals surface area contributed by atoms with E-state index in [1.165, 1.54) is 27.8 Å². The number of fused-ring (bicyclic) bond motifs is 5. The third-order valence-electron chi connectivity index (χ3n) is 10.2. The van der Waals surface area contributed by atoms with Crippen molar-refractivity contribution < 1.29 is 30.5 Å². The second-order valence-corrected chi connectivity index (χ2v) is 15.0. The number of aliphatic imine (C=N–C) groups is 1. The van der Waals surface area contributed by atoms with Crippen molar-refractivity contribution in [2.45, 2.75) is 84.3 Å². The van der Waals surface area contributed by atoms with Gasteiger partial charge < -0.3 is 14.4 Å². The Morgan fingerprint density at radius 1 is 0.898 bits per heavy atom. The molecule has 0 saturated carbocycles. The van der Waals surface area contributed by atoms with Gasteiger partial charge in [-0.3, -0.25) is 4.99 Å². The molecule has 1 aliphatic carbocycles. The minimum Gasteiger partial charge on any atom is -0.514 e. The van der Waals surface area contributed by atoms with Crippen LogP contribution in [0.5, 0.6) is 11.5 Å². The standard InChI is InChI=1S/C43H41N3O2.Pt/c1-26-21-28(41-45-40-33-12-10-11-27(2)32(33)16-18-38(40)48-41)23-31(22-26)47-30-15-17-35-37(25-30)46(36-14-9-8-13-34(36)43(35,6)7)39-24-29(19-20-44-39)42(3,4)5;/h8-15,17,19-22,24,38,40H,16,18H2,1-7H3;/q-2;+2/t38-,40+;/m0./s1. The molecule has 0 amide bonds. The fourth-order valence-corrected chi connectivity index (χ4v) is 7.58. The van der Waals surface area contributed by atoms with Crippen LogP contribution in [0.15, 0.2) is 90.1 Å². The van der Waals surface area contributed by atoms with Gasteiger partial charge in [0.05, 0.1) is 0 Å². The van der Waals surface area contributed by atoms with E-state index >= 15 is 0 Å². The summed E-state index contributed by atoms with van der Waals surface area (Å²) < 4.78 is 13.0. The van der Waals surface area contributed by atoms with Gasteiger partial charge >= 0.3 is 21.1 Å². The van der Waals surface area contributed by atoms with E-state index in [4.69, 9.17) is 19.5 Å². The van der Waals surface area contributed by atoms with Crippen molar-refractivity contribution in [3.05, 3.63) is 142 Å². The molecule has 5 nitrogen and oxygen atoms in total. The third-order valence-corrected chi connectivity index (χ3v) is 10.2. The number of hydrogen-bond acceptors (Lipinski definition) is 5. The monoisotopic (exact) mass is 826 g/mol. The van der Waals surface area contributed by atoms with Crippen molar-refractivity contribution in [3.63, 3.8) is 0 Å². The van der Waals surface area contributed by atoms with Crippen molar-refractivity contribution in [1.82, 2.24) is 4.98 Å². The Morgan fingerprint density at radius 2 is 1.71 bits per heavy atom. The van der Waals surface area contributed by atoms with Crippen LogP contribution in [0.1, 0.15) is 91.6 Å². The summed E-state index contributed by atoms with van der Waals surface area (Å²) in [6, 6.07) is 34.8. The maximum atomic E-state index is 6.57. The first-order chi connectivity index (χ1) is 23.0. The molecule has 0 N–H and O–H groups in total. The van der Waals surface area contributed by atoms with E-state index in [2.05, 4.69) is 132 Å². The molecule has 49 heavy (non-hydrogen) atoms. The molecule has 6 heteroatoms. The number of nitrogens with zero attached hydrogens (tertiary/aromatic N) is 3. The van der Waals surface area contributed by atoms with Crippen molar-refractivity contribution in [2.75, 3.05) is 4.90 Å². The molecular formula is C43H41N3O2Pt. The summed E-state index contributed by atoms with van der Waals surface area (Å²) in [5.74, 6) is 2.71. The number of rotatable bonds is 4. The van der Waals surface area contributed by atoms with Gasteiger partial charge in [0.15, 0.2) is 0 Å². The van der Waals surface area contributed by atoms with E-state index in [1.54, 1.807) is 0 Å². The smallest absolute Gasteiger partial charge is 0.514 e. The number of aryl methyl sites for hydroxylation is 2. The van der Waals surface area contributed by atoms with Crippen molar-refractivity contribution in [1.29, 1.82) is 0 Å². The van der Waals surface area contributed by atoms with Crippen LogP contribution < -0.4 is 9.64 Å². The van der Waals surface area contributed by atoms with Gasteiger partial charge in [0.1, 0.15) is 23.9 Å². The molecule has 0 spiro atoms. The number of hydrogen-bond donors (Lipinski definition) is 0. The fraction of sp³-hybridized carbons (Fsp3) is 0.302. The SMILES string of the molecule is Cc1cc(Oc2[c-]c3c(cc2)C(C)(C)c2ccccc2N3c2cc(C(C)(C)C)ccn2)[c-]c(C2=N[C@@H]3c4cccc(C)c4CC[C@@H]3O2)c1.[Pt+2]. The van der Waals surface area contributed by atoms with Gasteiger partial charge in [0.25, 0.3) is 0 Å². The van der Waals surface area contributed by atoms with Crippen LogP contribution in [0.25, 0.3) is 0 Å².